The minimum absolute atomic E-state index is 0.0855. The van der Waals surface area contributed by atoms with Crippen molar-refractivity contribution < 1.29 is 14.3 Å². The number of nitriles is 1. The molecular formula is C21H15ClN4O3S. The van der Waals surface area contributed by atoms with Crippen molar-refractivity contribution in [2.45, 2.75) is 12.3 Å². The second-order valence-electron chi connectivity index (χ2n) is 6.68. The van der Waals surface area contributed by atoms with Crippen LogP contribution in [0.15, 0.2) is 47.8 Å². The maximum Gasteiger partial charge on any atom is 0.268 e. The molecule has 1 fully saturated rings. The monoisotopic (exact) mass is 438 g/mol. The van der Waals surface area contributed by atoms with Crippen LogP contribution in [-0.4, -0.2) is 23.3 Å². The Hall–Kier alpha value is -3.41. The number of aromatic nitrogens is 1. The van der Waals surface area contributed by atoms with Crippen LogP contribution in [0.3, 0.4) is 0 Å². The lowest BCUT2D eigenvalue weighted by Gasteiger charge is -2.15. The maximum atomic E-state index is 12.5. The fourth-order valence-electron chi connectivity index (χ4n) is 3.24. The third kappa shape index (κ3) is 3.85. The number of anilines is 1. The molecule has 150 valence electrons. The van der Waals surface area contributed by atoms with Crippen molar-refractivity contribution in [3.63, 3.8) is 0 Å². The van der Waals surface area contributed by atoms with E-state index in [2.05, 4.69) is 11.1 Å². The number of para-hydroxylation sites is 1. The summed E-state index contributed by atoms with van der Waals surface area (Å²) in [7, 11) is 0. The first-order chi connectivity index (χ1) is 14.5. The Bertz CT molecular complexity index is 1190. The number of primary amides is 1. The molecule has 0 radical (unpaired) electrons. The number of hydrogen-bond acceptors (Lipinski definition) is 6. The lowest BCUT2D eigenvalue weighted by molar-refractivity contribution is -0.117. The van der Waals surface area contributed by atoms with Crippen LogP contribution in [0, 0.1) is 11.3 Å². The predicted octanol–water partition coefficient (Wildman–Crippen LogP) is 4.08. The first kappa shape index (κ1) is 19.9. The van der Waals surface area contributed by atoms with Crippen LogP contribution in [0.25, 0.3) is 0 Å². The highest BCUT2D eigenvalue weighted by atomic mass is 35.5. The summed E-state index contributed by atoms with van der Waals surface area (Å²) < 4.78 is 5.88. The Labute approximate surface area is 181 Å². The highest BCUT2D eigenvalue weighted by Gasteiger charge is 2.33. The van der Waals surface area contributed by atoms with Gasteiger partial charge in [-0.1, -0.05) is 29.8 Å². The minimum Gasteiger partial charge on any atom is -0.454 e. The number of ether oxygens (including phenoxy) is 1. The summed E-state index contributed by atoms with van der Waals surface area (Å²) in [6.07, 6.45) is 0.293. The molecule has 30 heavy (non-hydrogen) atoms. The van der Waals surface area contributed by atoms with E-state index in [1.807, 2.05) is 6.07 Å². The van der Waals surface area contributed by atoms with Crippen LogP contribution in [0.2, 0.25) is 5.02 Å². The molecule has 0 spiro atoms. The van der Waals surface area contributed by atoms with Gasteiger partial charge in [0, 0.05) is 24.3 Å². The zero-order valence-corrected chi connectivity index (χ0v) is 17.1. The molecule has 0 aliphatic carbocycles. The molecule has 1 aromatic heterocycles. The van der Waals surface area contributed by atoms with Crippen molar-refractivity contribution >= 4 is 39.9 Å². The molecule has 1 aliphatic rings. The average molecular weight is 439 g/mol. The number of benzene rings is 2. The molecule has 1 aliphatic heterocycles. The smallest absolute Gasteiger partial charge is 0.268 e. The van der Waals surface area contributed by atoms with E-state index in [4.69, 9.17) is 22.1 Å². The summed E-state index contributed by atoms with van der Waals surface area (Å²) in [6, 6.07) is 14.3. The van der Waals surface area contributed by atoms with Crippen LogP contribution < -0.4 is 15.4 Å². The first-order valence-electron chi connectivity index (χ1n) is 8.98. The topological polar surface area (TPSA) is 109 Å². The number of nitrogens with zero attached hydrogens (tertiary/aromatic N) is 3. The third-order valence-corrected chi connectivity index (χ3v) is 5.93. The van der Waals surface area contributed by atoms with Gasteiger partial charge in [-0.05, 0) is 29.8 Å². The SMILES string of the molecule is N#Cc1ccccc1Oc1cc([C@H]2CC(=O)N(c3nc(C(N)=O)cs3)C2)ccc1Cl. The minimum atomic E-state index is -0.627. The van der Waals surface area contributed by atoms with E-state index in [0.29, 0.717) is 40.2 Å². The van der Waals surface area contributed by atoms with Gasteiger partial charge in [-0.2, -0.15) is 5.26 Å². The van der Waals surface area contributed by atoms with Gasteiger partial charge in [-0.15, -0.1) is 11.3 Å². The number of amides is 2. The third-order valence-electron chi connectivity index (χ3n) is 4.75. The first-order valence-corrected chi connectivity index (χ1v) is 10.2. The summed E-state index contributed by atoms with van der Waals surface area (Å²) in [5.74, 6) is 0.0117. The Morgan fingerprint density at radius 3 is 2.83 bits per heavy atom. The van der Waals surface area contributed by atoms with Gasteiger partial charge in [0.15, 0.2) is 5.13 Å². The van der Waals surface area contributed by atoms with Gasteiger partial charge in [0.1, 0.15) is 23.3 Å². The number of hydrogen-bond donors (Lipinski definition) is 1. The van der Waals surface area contributed by atoms with Crippen LogP contribution >= 0.6 is 22.9 Å². The molecular weight excluding hydrogens is 424 g/mol. The van der Waals surface area contributed by atoms with E-state index < -0.39 is 5.91 Å². The van der Waals surface area contributed by atoms with Crippen molar-refractivity contribution in [1.29, 1.82) is 5.26 Å². The molecule has 0 bridgehead atoms. The highest BCUT2D eigenvalue weighted by Crippen LogP contribution is 2.38. The summed E-state index contributed by atoms with van der Waals surface area (Å²) in [4.78, 5) is 29.5. The summed E-state index contributed by atoms with van der Waals surface area (Å²) >= 11 is 7.50. The molecule has 7 nitrogen and oxygen atoms in total. The van der Waals surface area contributed by atoms with E-state index in [9.17, 15) is 14.9 Å². The second-order valence-corrected chi connectivity index (χ2v) is 7.93. The molecule has 0 unspecified atom stereocenters. The van der Waals surface area contributed by atoms with Crippen LogP contribution in [-0.2, 0) is 4.79 Å². The Morgan fingerprint density at radius 2 is 2.10 bits per heavy atom. The van der Waals surface area contributed by atoms with Crippen LogP contribution in [0.4, 0.5) is 5.13 Å². The zero-order valence-electron chi connectivity index (χ0n) is 15.5. The lowest BCUT2D eigenvalue weighted by atomic mass is 9.98. The molecule has 2 N–H and O–H groups in total. The standard InChI is InChI=1S/C21H15ClN4O3S/c22-15-6-5-12(7-18(15)29-17-4-2-1-3-13(17)9-23)14-8-19(27)26(10-14)21-25-16(11-30-21)20(24)28/h1-7,11,14H,8,10H2,(H2,24,28)/t14-/m0/s1. The van der Waals surface area contributed by atoms with Crippen LogP contribution in [0.5, 0.6) is 11.5 Å². The van der Waals surface area contributed by atoms with Gasteiger partial charge in [-0.25, -0.2) is 4.98 Å². The Balaban J connectivity index is 1.57. The van der Waals surface area contributed by atoms with E-state index in [-0.39, 0.29) is 17.5 Å². The molecule has 2 heterocycles. The zero-order chi connectivity index (χ0) is 21.3. The Kier molecular flexibility index (Phi) is 5.40. The number of carbonyl (C=O) groups excluding carboxylic acids is 2. The van der Waals surface area contributed by atoms with Gasteiger partial charge >= 0.3 is 0 Å². The van der Waals surface area contributed by atoms with Crippen molar-refractivity contribution in [3.05, 3.63) is 69.7 Å². The molecule has 3 aromatic rings. The predicted molar refractivity (Wildman–Crippen MR) is 113 cm³/mol. The summed E-state index contributed by atoms with van der Waals surface area (Å²) in [6.45, 7) is 0.417. The van der Waals surface area contributed by atoms with Gasteiger partial charge in [-0.3, -0.25) is 14.5 Å². The van der Waals surface area contributed by atoms with E-state index in [1.54, 1.807) is 46.7 Å². The number of halogens is 1. The highest BCUT2D eigenvalue weighted by molar-refractivity contribution is 7.14. The normalized spacial score (nSPS) is 15.8. The van der Waals surface area contributed by atoms with Crippen LogP contribution in [0.1, 0.15) is 34.0 Å². The fourth-order valence-corrected chi connectivity index (χ4v) is 4.23. The van der Waals surface area contributed by atoms with E-state index >= 15 is 0 Å². The van der Waals surface area contributed by atoms with Gasteiger partial charge in [0.2, 0.25) is 5.91 Å². The molecule has 9 heteroatoms. The molecule has 2 aromatic carbocycles. The molecule has 0 saturated carbocycles. The van der Waals surface area contributed by atoms with Crippen molar-refractivity contribution in [2.75, 3.05) is 11.4 Å². The number of rotatable bonds is 5. The quantitative estimate of drug-likeness (QED) is 0.645. The average Bonchev–Trinajstić information content (AvgIpc) is 3.37. The van der Waals surface area contributed by atoms with Crippen molar-refractivity contribution in [1.82, 2.24) is 4.98 Å². The summed E-state index contributed by atoms with van der Waals surface area (Å²) in [5, 5.41) is 11.6. The molecule has 4 rings (SSSR count). The van der Waals surface area contributed by atoms with Crippen molar-refractivity contribution in [2.24, 2.45) is 5.73 Å². The fraction of sp³-hybridized carbons (Fsp3) is 0.143. The van der Waals surface area contributed by atoms with Crippen molar-refractivity contribution in [3.8, 4) is 17.6 Å². The van der Waals surface area contributed by atoms with Gasteiger partial charge in [0.05, 0.1) is 10.6 Å². The second kappa shape index (κ2) is 8.14. The number of thiazole rings is 1. The lowest BCUT2D eigenvalue weighted by Crippen LogP contribution is -2.24. The molecule has 2 amide bonds. The van der Waals surface area contributed by atoms with Gasteiger partial charge < -0.3 is 10.5 Å². The largest absolute Gasteiger partial charge is 0.454 e. The summed E-state index contributed by atoms with van der Waals surface area (Å²) in [5.41, 5.74) is 6.67. The number of nitrogens with two attached hydrogens (primary N) is 1. The maximum absolute atomic E-state index is 12.5. The molecule has 1 saturated heterocycles. The van der Waals surface area contributed by atoms with E-state index in [1.165, 1.54) is 11.3 Å². The van der Waals surface area contributed by atoms with E-state index in [0.717, 1.165) is 5.56 Å². The molecule has 1 atom stereocenters. The Morgan fingerprint density at radius 1 is 1.30 bits per heavy atom. The van der Waals surface area contributed by atoms with Gasteiger partial charge in [0.25, 0.3) is 5.91 Å². The number of carbonyl (C=O) groups is 2.